The lowest BCUT2D eigenvalue weighted by atomic mass is 9.91. The monoisotopic (exact) mass is 441 g/mol. The second-order valence-electron chi connectivity index (χ2n) is 9.81. The molecule has 33 heavy (non-hydrogen) atoms. The van der Waals surface area contributed by atoms with Crippen LogP contribution >= 0.6 is 0 Å². The number of piperidine rings is 1. The Kier molecular flexibility index (Phi) is 5.57. The number of carbonyl (C=O) groups is 2. The molecule has 5 nitrogen and oxygen atoms in total. The van der Waals surface area contributed by atoms with Crippen molar-refractivity contribution in [3.8, 4) is 0 Å². The van der Waals surface area contributed by atoms with Crippen LogP contribution in [0.25, 0.3) is 16.5 Å². The molecule has 2 amide bonds. The maximum atomic E-state index is 13.7. The first-order valence-electron chi connectivity index (χ1n) is 11.9. The Morgan fingerprint density at radius 2 is 1.64 bits per heavy atom. The molecular weight excluding hydrogens is 410 g/mol. The highest BCUT2D eigenvalue weighted by Crippen LogP contribution is 2.35. The van der Waals surface area contributed by atoms with Crippen LogP contribution < -0.4 is 0 Å². The number of hydrogen-bond acceptors (Lipinski definition) is 3. The molecule has 1 aromatic heterocycles. The number of aryl methyl sites for hydroxylation is 1. The number of carbonyl (C=O) groups excluding carboxylic acids is 2. The molecule has 1 saturated heterocycles. The van der Waals surface area contributed by atoms with Crippen molar-refractivity contribution in [2.75, 3.05) is 19.6 Å². The van der Waals surface area contributed by atoms with Gasteiger partial charge in [0.2, 0.25) is 0 Å². The van der Waals surface area contributed by atoms with Crippen LogP contribution in [0.5, 0.6) is 0 Å². The largest absolute Gasteiger partial charge is 0.366 e. The first-order chi connectivity index (χ1) is 15.9. The zero-order chi connectivity index (χ0) is 23.1. The summed E-state index contributed by atoms with van der Waals surface area (Å²) in [6.45, 7) is 8.48. The van der Waals surface area contributed by atoms with E-state index in [9.17, 15) is 9.59 Å². The van der Waals surface area contributed by atoms with Crippen molar-refractivity contribution >= 4 is 28.3 Å². The first kappa shape index (κ1) is 21.5. The van der Waals surface area contributed by atoms with Gasteiger partial charge in [-0.15, -0.1) is 0 Å². The molecule has 1 N–H and O–H groups in total. The molecule has 0 bridgehead atoms. The smallest absolute Gasteiger partial charge is 0.277 e. The van der Waals surface area contributed by atoms with E-state index in [4.69, 9.17) is 0 Å². The number of benzene rings is 2. The summed E-state index contributed by atoms with van der Waals surface area (Å²) in [6.07, 6.45) is 3.76. The molecule has 170 valence electrons. The maximum absolute atomic E-state index is 13.7. The van der Waals surface area contributed by atoms with E-state index in [1.54, 1.807) is 0 Å². The Labute approximate surface area is 195 Å². The summed E-state index contributed by atoms with van der Waals surface area (Å²) in [5.41, 5.74) is 5.30. The number of nitrogens with zero attached hydrogens (tertiary/aromatic N) is 2. The van der Waals surface area contributed by atoms with Gasteiger partial charge in [0.15, 0.2) is 0 Å². The van der Waals surface area contributed by atoms with Crippen molar-refractivity contribution in [3.05, 3.63) is 77.1 Å². The van der Waals surface area contributed by atoms with Crippen LogP contribution in [0.1, 0.15) is 37.0 Å². The lowest BCUT2D eigenvalue weighted by Crippen LogP contribution is -2.42. The summed E-state index contributed by atoms with van der Waals surface area (Å²) in [7, 11) is 0. The second-order valence-corrected chi connectivity index (χ2v) is 9.81. The third-order valence-electron chi connectivity index (χ3n) is 6.95. The molecule has 3 heterocycles. The lowest BCUT2D eigenvalue weighted by molar-refractivity contribution is -0.137. The molecule has 2 aliphatic heterocycles. The quantitative estimate of drug-likeness (QED) is 0.580. The Hall–Kier alpha value is -3.34. The molecule has 2 aliphatic rings. The lowest BCUT2D eigenvalue weighted by Gasteiger charge is -2.37. The van der Waals surface area contributed by atoms with E-state index in [1.807, 2.05) is 55.6 Å². The predicted molar refractivity (Wildman–Crippen MR) is 131 cm³/mol. The molecule has 5 rings (SSSR count). The molecule has 3 aromatic rings. The van der Waals surface area contributed by atoms with E-state index < -0.39 is 0 Å². The molecule has 1 fully saturated rings. The SMILES string of the molecule is Cc1ccc(C2=C(N3CC(C)CC(C)C3)C(=O)N(CCc3c[nH]c4ccccc34)C2=O)cc1. The normalized spacial score (nSPS) is 21.5. The Bertz CT molecular complexity index is 1230. The van der Waals surface area contributed by atoms with E-state index in [0.29, 0.717) is 36.1 Å². The van der Waals surface area contributed by atoms with E-state index >= 15 is 0 Å². The fraction of sp³-hybridized carbons (Fsp3) is 0.357. The molecule has 0 aliphatic carbocycles. The summed E-state index contributed by atoms with van der Waals surface area (Å²) in [5, 5.41) is 1.14. The van der Waals surface area contributed by atoms with Crippen molar-refractivity contribution < 1.29 is 9.59 Å². The molecule has 2 unspecified atom stereocenters. The van der Waals surface area contributed by atoms with E-state index in [2.05, 4.69) is 29.8 Å². The summed E-state index contributed by atoms with van der Waals surface area (Å²) >= 11 is 0. The summed E-state index contributed by atoms with van der Waals surface area (Å²) in [4.78, 5) is 34.3. The van der Waals surface area contributed by atoms with Gasteiger partial charge in [-0.25, -0.2) is 0 Å². The number of para-hydroxylation sites is 1. The summed E-state index contributed by atoms with van der Waals surface area (Å²) in [6, 6.07) is 16.1. The van der Waals surface area contributed by atoms with Gasteiger partial charge in [0.05, 0.1) is 5.57 Å². The van der Waals surface area contributed by atoms with Crippen molar-refractivity contribution in [2.45, 2.75) is 33.6 Å². The maximum Gasteiger partial charge on any atom is 0.277 e. The number of likely N-dealkylation sites (tertiary alicyclic amines) is 1. The van der Waals surface area contributed by atoms with Crippen molar-refractivity contribution in [2.24, 2.45) is 11.8 Å². The average Bonchev–Trinajstić information content (AvgIpc) is 3.30. The van der Waals surface area contributed by atoms with Gasteiger partial charge in [0.25, 0.3) is 11.8 Å². The minimum absolute atomic E-state index is 0.156. The van der Waals surface area contributed by atoms with Crippen LogP contribution in [0.2, 0.25) is 0 Å². The van der Waals surface area contributed by atoms with Gasteiger partial charge in [0, 0.05) is 36.7 Å². The number of amides is 2. The highest BCUT2D eigenvalue weighted by atomic mass is 16.2. The highest BCUT2D eigenvalue weighted by Gasteiger charge is 2.42. The third-order valence-corrected chi connectivity index (χ3v) is 6.95. The fourth-order valence-electron chi connectivity index (χ4n) is 5.46. The predicted octanol–water partition coefficient (Wildman–Crippen LogP) is 4.78. The Morgan fingerprint density at radius 3 is 2.36 bits per heavy atom. The standard InChI is InChI=1S/C28H31N3O2/c1-18-8-10-21(11-9-18)25-26(30-16-19(2)14-20(3)17-30)28(33)31(27(25)32)13-12-22-15-29-24-7-5-4-6-23(22)24/h4-11,15,19-20,29H,12-14,16-17H2,1-3H3. The molecule has 2 aromatic carbocycles. The van der Waals surface area contributed by atoms with Gasteiger partial charge in [-0.2, -0.15) is 0 Å². The average molecular weight is 442 g/mol. The number of H-pyrrole nitrogens is 1. The second kappa shape index (κ2) is 8.54. The zero-order valence-electron chi connectivity index (χ0n) is 19.6. The van der Waals surface area contributed by atoms with Crippen LogP contribution in [-0.4, -0.2) is 46.2 Å². The minimum atomic E-state index is -0.176. The third kappa shape index (κ3) is 3.97. The van der Waals surface area contributed by atoms with E-state index in [1.165, 1.54) is 4.90 Å². The van der Waals surface area contributed by atoms with Gasteiger partial charge < -0.3 is 9.88 Å². The molecule has 2 atom stereocenters. The minimum Gasteiger partial charge on any atom is -0.366 e. The molecule has 0 saturated carbocycles. The number of aromatic amines is 1. The van der Waals surface area contributed by atoms with Gasteiger partial charge in [0.1, 0.15) is 5.70 Å². The summed E-state index contributed by atoms with van der Waals surface area (Å²) < 4.78 is 0. The number of hydrogen-bond donors (Lipinski definition) is 1. The number of imide groups is 1. The van der Waals surface area contributed by atoms with Gasteiger partial charge in [-0.05, 0) is 48.8 Å². The molecule has 0 radical (unpaired) electrons. The highest BCUT2D eigenvalue weighted by molar-refractivity contribution is 6.35. The van der Waals surface area contributed by atoms with Crippen LogP contribution in [0.3, 0.4) is 0 Å². The number of nitrogens with one attached hydrogen (secondary N) is 1. The van der Waals surface area contributed by atoms with Gasteiger partial charge in [-0.3, -0.25) is 14.5 Å². The summed E-state index contributed by atoms with van der Waals surface area (Å²) in [5.74, 6) is 0.647. The number of fused-ring (bicyclic) bond motifs is 1. The molecule has 5 heteroatoms. The van der Waals surface area contributed by atoms with Crippen LogP contribution in [-0.2, 0) is 16.0 Å². The van der Waals surface area contributed by atoms with E-state index in [-0.39, 0.29) is 11.8 Å². The van der Waals surface area contributed by atoms with E-state index in [0.717, 1.165) is 47.1 Å². The zero-order valence-corrected chi connectivity index (χ0v) is 19.6. The number of aromatic nitrogens is 1. The van der Waals surface area contributed by atoms with Crippen LogP contribution in [0.15, 0.2) is 60.4 Å². The molecule has 0 spiro atoms. The Morgan fingerprint density at radius 1 is 0.939 bits per heavy atom. The van der Waals surface area contributed by atoms with Crippen LogP contribution in [0, 0.1) is 18.8 Å². The van der Waals surface area contributed by atoms with Crippen molar-refractivity contribution in [1.29, 1.82) is 0 Å². The van der Waals surface area contributed by atoms with Crippen molar-refractivity contribution in [1.82, 2.24) is 14.8 Å². The number of rotatable bonds is 5. The van der Waals surface area contributed by atoms with Crippen LogP contribution in [0.4, 0.5) is 0 Å². The van der Waals surface area contributed by atoms with Gasteiger partial charge >= 0.3 is 0 Å². The first-order valence-corrected chi connectivity index (χ1v) is 11.9. The fourth-order valence-corrected chi connectivity index (χ4v) is 5.46. The Balaban J connectivity index is 1.47. The van der Waals surface area contributed by atoms with Crippen molar-refractivity contribution in [3.63, 3.8) is 0 Å². The topological polar surface area (TPSA) is 56.4 Å². The van der Waals surface area contributed by atoms with Gasteiger partial charge in [-0.1, -0.05) is 61.9 Å². The molecular formula is C28H31N3O2.